The number of hydrogen-bond acceptors (Lipinski definition) is 4. The molecule has 0 N–H and O–H groups in total. The fourth-order valence-corrected chi connectivity index (χ4v) is 2.52. The Morgan fingerprint density at radius 1 is 0.968 bits per heavy atom. The number of alkyl halides is 6. The van der Waals surface area contributed by atoms with E-state index in [1.807, 2.05) is 13.8 Å². The minimum absolute atomic E-state index is 0.184. The Morgan fingerprint density at radius 2 is 1.48 bits per heavy atom. The Kier molecular flexibility index (Phi) is 8.96. The van der Waals surface area contributed by atoms with E-state index in [-0.39, 0.29) is 18.1 Å². The van der Waals surface area contributed by atoms with Gasteiger partial charge in [0.05, 0.1) is 6.61 Å². The standard InChI is InChI=1S/C21H28F6O4/c1-6-14(2)16-9-7-15(8-10-16)11-30-17(28)19(20(22,23)24,21(25,26)27)31-13-29-12-18(3,4)5/h7-10,14H,6,11-13H2,1-5H3. The summed E-state index contributed by atoms with van der Waals surface area (Å²) in [5.41, 5.74) is -4.52. The van der Waals surface area contributed by atoms with Gasteiger partial charge in [-0.2, -0.15) is 26.3 Å². The third-order valence-corrected chi connectivity index (χ3v) is 4.51. The summed E-state index contributed by atoms with van der Waals surface area (Å²) in [6.45, 7) is 6.57. The molecular formula is C21H28F6O4. The number of hydrogen-bond donors (Lipinski definition) is 0. The van der Waals surface area contributed by atoms with Gasteiger partial charge >= 0.3 is 23.9 Å². The van der Waals surface area contributed by atoms with Crippen molar-refractivity contribution in [2.24, 2.45) is 5.41 Å². The van der Waals surface area contributed by atoms with Gasteiger partial charge in [-0.1, -0.05) is 58.9 Å². The van der Waals surface area contributed by atoms with Gasteiger partial charge in [-0.25, -0.2) is 4.79 Å². The number of esters is 1. The third-order valence-electron chi connectivity index (χ3n) is 4.51. The maximum Gasteiger partial charge on any atom is 0.437 e. The molecule has 0 aromatic heterocycles. The van der Waals surface area contributed by atoms with Crippen molar-refractivity contribution in [3.8, 4) is 0 Å². The SMILES string of the molecule is CCC(C)c1ccc(COC(=O)C(OCOCC(C)(C)C)(C(F)(F)F)C(F)(F)F)cc1. The van der Waals surface area contributed by atoms with E-state index in [4.69, 9.17) is 4.74 Å². The quantitative estimate of drug-likeness (QED) is 0.193. The molecule has 0 saturated heterocycles. The van der Waals surface area contributed by atoms with Gasteiger partial charge in [0.15, 0.2) is 0 Å². The molecule has 0 radical (unpaired) electrons. The largest absolute Gasteiger partial charge is 0.458 e. The van der Waals surface area contributed by atoms with Crippen LogP contribution in [0.15, 0.2) is 24.3 Å². The molecule has 10 heteroatoms. The van der Waals surface area contributed by atoms with E-state index in [1.54, 1.807) is 32.9 Å². The van der Waals surface area contributed by atoms with Crippen molar-refractivity contribution in [2.45, 2.75) is 71.5 Å². The number of carbonyl (C=O) groups excluding carboxylic acids is 1. The second kappa shape index (κ2) is 10.2. The van der Waals surface area contributed by atoms with Crippen LogP contribution in [-0.2, 0) is 25.6 Å². The lowest BCUT2D eigenvalue weighted by Gasteiger charge is -2.34. The summed E-state index contributed by atoms with van der Waals surface area (Å²) < 4.78 is 94.1. The van der Waals surface area contributed by atoms with Crippen molar-refractivity contribution in [3.63, 3.8) is 0 Å². The van der Waals surface area contributed by atoms with Crippen LogP contribution in [0.25, 0.3) is 0 Å². The van der Waals surface area contributed by atoms with Crippen LogP contribution < -0.4 is 0 Å². The van der Waals surface area contributed by atoms with E-state index in [0.717, 1.165) is 12.0 Å². The van der Waals surface area contributed by atoms with Crippen molar-refractivity contribution < 1.29 is 45.3 Å². The Hall–Kier alpha value is -1.81. The first kappa shape index (κ1) is 27.2. The molecule has 0 fully saturated rings. The molecule has 0 heterocycles. The number of ether oxygens (including phenoxy) is 3. The molecule has 4 nitrogen and oxygen atoms in total. The van der Waals surface area contributed by atoms with E-state index >= 15 is 0 Å². The third kappa shape index (κ3) is 7.10. The smallest absolute Gasteiger partial charge is 0.437 e. The Labute approximate surface area is 177 Å². The molecule has 0 spiro atoms. The predicted molar refractivity (Wildman–Crippen MR) is 101 cm³/mol. The molecule has 0 amide bonds. The van der Waals surface area contributed by atoms with Gasteiger partial charge in [0, 0.05) is 0 Å². The zero-order valence-corrected chi connectivity index (χ0v) is 18.1. The summed E-state index contributed by atoms with van der Waals surface area (Å²) in [5, 5.41) is 0. The van der Waals surface area contributed by atoms with Gasteiger partial charge < -0.3 is 14.2 Å². The van der Waals surface area contributed by atoms with Crippen LogP contribution in [0.3, 0.4) is 0 Å². The molecule has 1 rings (SSSR count). The van der Waals surface area contributed by atoms with Crippen molar-refractivity contribution in [1.29, 1.82) is 0 Å². The number of rotatable bonds is 9. The van der Waals surface area contributed by atoms with Gasteiger partial charge in [-0.15, -0.1) is 0 Å². The van der Waals surface area contributed by atoms with E-state index in [9.17, 15) is 31.1 Å². The summed E-state index contributed by atoms with van der Waals surface area (Å²) in [6, 6.07) is 6.31. The first-order valence-corrected chi connectivity index (χ1v) is 9.66. The van der Waals surface area contributed by atoms with E-state index in [2.05, 4.69) is 9.47 Å². The van der Waals surface area contributed by atoms with Crippen LogP contribution in [0.1, 0.15) is 58.1 Å². The summed E-state index contributed by atoms with van der Waals surface area (Å²) in [7, 11) is 0. The number of benzene rings is 1. The van der Waals surface area contributed by atoms with E-state index in [0.29, 0.717) is 0 Å². The van der Waals surface area contributed by atoms with Crippen LogP contribution in [0.5, 0.6) is 0 Å². The van der Waals surface area contributed by atoms with Crippen LogP contribution in [0, 0.1) is 5.41 Å². The first-order valence-electron chi connectivity index (χ1n) is 9.66. The van der Waals surface area contributed by atoms with Crippen LogP contribution in [-0.4, -0.2) is 37.3 Å². The van der Waals surface area contributed by atoms with E-state index in [1.165, 1.54) is 12.1 Å². The summed E-state index contributed by atoms with van der Waals surface area (Å²) in [6.07, 6.45) is -11.4. The molecule has 0 saturated carbocycles. The normalized spacial score (nSPS) is 14.4. The maximum atomic E-state index is 13.5. The lowest BCUT2D eigenvalue weighted by Crippen LogP contribution is -2.64. The molecule has 0 bridgehead atoms. The van der Waals surface area contributed by atoms with Crippen molar-refractivity contribution in [2.75, 3.05) is 13.4 Å². The van der Waals surface area contributed by atoms with Gasteiger partial charge in [-0.05, 0) is 28.9 Å². The minimum Gasteiger partial charge on any atom is -0.458 e. The molecule has 0 aliphatic heterocycles. The summed E-state index contributed by atoms with van der Waals surface area (Å²) in [5.74, 6) is -2.38. The predicted octanol–water partition coefficient (Wildman–Crippen LogP) is 6.14. The highest BCUT2D eigenvalue weighted by Gasteiger charge is 2.78. The zero-order chi connectivity index (χ0) is 24.1. The maximum absolute atomic E-state index is 13.5. The molecule has 1 atom stereocenters. The Balaban J connectivity index is 3.02. The monoisotopic (exact) mass is 458 g/mol. The Morgan fingerprint density at radius 3 is 1.90 bits per heavy atom. The summed E-state index contributed by atoms with van der Waals surface area (Å²) >= 11 is 0. The first-order chi connectivity index (χ1) is 14.0. The lowest BCUT2D eigenvalue weighted by molar-refractivity contribution is -0.381. The molecule has 31 heavy (non-hydrogen) atoms. The van der Waals surface area contributed by atoms with Gasteiger partial charge in [-0.3, -0.25) is 0 Å². The average Bonchev–Trinajstić information content (AvgIpc) is 2.63. The Bertz CT molecular complexity index is 691. The number of halogens is 6. The fourth-order valence-electron chi connectivity index (χ4n) is 2.52. The average molecular weight is 458 g/mol. The molecule has 1 aromatic rings. The molecule has 1 aromatic carbocycles. The van der Waals surface area contributed by atoms with Crippen molar-refractivity contribution in [1.82, 2.24) is 0 Å². The zero-order valence-electron chi connectivity index (χ0n) is 18.1. The summed E-state index contributed by atoms with van der Waals surface area (Å²) in [4.78, 5) is 12.1. The fraction of sp³-hybridized carbons (Fsp3) is 0.667. The van der Waals surface area contributed by atoms with E-state index < -0.39 is 42.7 Å². The van der Waals surface area contributed by atoms with Crippen LogP contribution in [0.2, 0.25) is 0 Å². The molecule has 178 valence electrons. The highest BCUT2D eigenvalue weighted by molar-refractivity contribution is 5.82. The van der Waals surface area contributed by atoms with Crippen LogP contribution in [0.4, 0.5) is 26.3 Å². The topological polar surface area (TPSA) is 44.8 Å². The van der Waals surface area contributed by atoms with Crippen LogP contribution >= 0.6 is 0 Å². The number of carbonyl (C=O) groups is 1. The lowest BCUT2D eigenvalue weighted by atomic mass is 9.98. The highest BCUT2D eigenvalue weighted by Crippen LogP contribution is 2.47. The highest BCUT2D eigenvalue weighted by atomic mass is 19.4. The minimum atomic E-state index is -6.12. The molecular weight excluding hydrogens is 430 g/mol. The molecule has 0 aliphatic rings. The molecule has 0 aliphatic carbocycles. The molecule has 1 unspecified atom stereocenters. The van der Waals surface area contributed by atoms with Gasteiger partial charge in [0.1, 0.15) is 13.4 Å². The van der Waals surface area contributed by atoms with Crippen molar-refractivity contribution >= 4 is 5.97 Å². The van der Waals surface area contributed by atoms with Gasteiger partial charge in [0.2, 0.25) is 0 Å². The second-order valence-corrected chi connectivity index (χ2v) is 8.48. The van der Waals surface area contributed by atoms with Crippen molar-refractivity contribution in [3.05, 3.63) is 35.4 Å². The van der Waals surface area contributed by atoms with Gasteiger partial charge in [0.25, 0.3) is 0 Å². The second-order valence-electron chi connectivity index (χ2n) is 8.48.